The molecule has 0 fully saturated rings. The van der Waals surface area contributed by atoms with Crippen LogP contribution in [0.2, 0.25) is 0 Å². The normalized spacial score (nSPS) is 12.9. The minimum Gasteiger partial charge on any atom is -0.480 e. The molecule has 0 saturated carbocycles. The van der Waals surface area contributed by atoms with Crippen molar-refractivity contribution in [3.8, 4) is 0 Å². The van der Waals surface area contributed by atoms with Crippen molar-refractivity contribution in [1.29, 1.82) is 0 Å². The van der Waals surface area contributed by atoms with Gasteiger partial charge in [-0.2, -0.15) is 0 Å². The third-order valence-corrected chi connectivity index (χ3v) is 1.64. The minimum atomic E-state index is -0.936. The Morgan fingerprint density at radius 3 is 2.46 bits per heavy atom. The first-order valence-electron chi connectivity index (χ1n) is 4.28. The maximum Gasteiger partial charge on any atom is 0.317 e. The molecule has 2 N–H and O–H groups in total. The van der Waals surface area contributed by atoms with E-state index in [1.54, 1.807) is 6.92 Å². The number of hydrogen-bond donors (Lipinski definition) is 2. The van der Waals surface area contributed by atoms with Gasteiger partial charge in [-0.3, -0.25) is 9.69 Å². The number of aliphatic carboxylic acids is 1. The average Bonchev–Trinajstić information content (AvgIpc) is 2.01. The molecule has 0 aliphatic rings. The van der Waals surface area contributed by atoms with E-state index >= 15 is 0 Å². The second-order valence-corrected chi connectivity index (χ2v) is 3.08. The Kier molecular flexibility index (Phi) is 5.34. The fourth-order valence-corrected chi connectivity index (χ4v) is 1.06. The van der Waals surface area contributed by atoms with Gasteiger partial charge in [0.15, 0.2) is 0 Å². The summed E-state index contributed by atoms with van der Waals surface area (Å²) in [6.07, 6.45) is -0.0477. The molecule has 1 unspecified atom stereocenters. The smallest absolute Gasteiger partial charge is 0.317 e. The van der Waals surface area contributed by atoms with E-state index in [2.05, 4.69) is 6.58 Å². The van der Waals surface area contributed by atoms with Crippen LogP contribution in [0.25, 0.3) is 0 Å². The highest BCUT2D eigenvalue weighted by atomic mass is 16.4. The molecule has 0 aromatic carbocycles. The maximum absolute atomic E-state index is 10.4. The summed E-state index contributed by atoms with van der Waals surface area (Å²) in [6.45, 7) is 7.59. The Hall–Kier alpha value is -0.870. The van der Waals surface area contributed by atoms with Gasteiger partial charge < -0.3 is 10.2 Å². The van der Waals surface area contributed by atoms with E-state index in [4.69, 9.17) is 5.11 Å². The van der Waals surface area contributed by atoms with Gasteiger partial charge in [-0.05, 0) is 18.9 Å². The predicted molar refractivity (Wildman–Crippen MR) is 50.3 cm³/mol. The molecule has 0 amide bonds. The van der Waals surface area contributed by atoms with E-state index in [1.807, 2.05) is 6.92 Å². The minimum absolute atomic E-state index is 0.151. The molecule has 13 heavy (non-hydrogen) atoms. The van der Waals surface area contributed by atoms with Crippen LogP contribution in [0.4, 0.5) is 0 Å². The highest BCUT2D eigenvalue weighted by Crippen LogP contribution is 2.05. The van der Waals surface area contributed by atoms with Gasteiger partial charge in [-0.25, -0.2) is 0 Å². The maximum atomic E-state index is 10.4. The second kappa shape index (κ2) is 5.72. The summed E-state index contributed by atoms with van der Waals surface area (Å²) in [4.78, 5) is 11.9. The summed E-state index contributed by atoms with van der Waals surface area (Å²) < 4.78 is 0. The number of rotatable bonds is 6. The first-order valence-corrected chi connectivity index (χ1v) is 4.28. The Labute approximate surface area is 78.5 Å². The summed E-state index contributed by atoms with van der Waals surface area (Å²) >= 11 is 0. The molecule has 0 bridgehead atoms. The number of aliphatic hydroxyl groups excluding tert-OH is 1. The molecule has 0 spiro atoms. The number of aliphatic hydroxyl groups is 1. The first kappa shape index (κ1) is 12.1. The second-order valence-electron chi connectivity index (χ2n) is 3.08. The molecular formula is C9H17NO3. The van der Waals surface area contributed by atoms with Crippen LogP contribution in [0, 0.1) is 0 Å². The topological polar surface area (TPSA) is 60.8 Å². The SMILES string of the molecule is C=C(C)C(O)N(CCC)CC(=O)O. The summed E-state index contributed by atoms with van der Waals surface area (Å²) in [5.41, 5.74) is 0.565. The molecular weight excluding hydrogens is 170 g/mol. The lowest BCUT2D eigenvalue weighted by molar-refractivity contribution is -0.140. The standard InChI is InChI=1S/C9H17NO3/c1-4-5-10(6-8(11)12)9(13)7(2)3/h9,13H,2,4-6H2,1,3H3,(H,11,12). The Bertz CT molecular complexity index is 191. The molecule has 0 radical (unpaired) electrons. The van der Waals surface area contributed by atoms with Crippen LogP contribution in [-0.2, 0) is 4.79 Å². The molecule has 4 nitrogen and oxygen atoms in total. The van der Waals surface area contributed by atoms with Gasteiger partial charge in [-0.15, -0.1) is 0 Å². The number of nitrogens with zero attached hydrogens (tertiary/aromatic N) is 1. The third kappa shape index (κ3) is 4.65. The molecule has 4 heteroatoms. The van der Waals surface area contributed by atoms with Gasteiger partial charge in [0, 0.05) is 6.54 Å². The zero-order valence-corrected chi connectivity index (χ0v) is 8.16. The molecule has 0 rings (SSSR count). The summed E-state index contributed by atoms with van der Waals surface area (Å²) in [6, 6.07) is 0. The summed E-state index contributed by atoms with van der Waals surface area (Å²) in [5.74, 6) is -0.936. The lowest BCUT2D eigenvalue weighted by Crippen LogP contribution is -2.40. The van der Waals surface area contributed by atoms with Gasteiger partial charge >= 0.3 is 5.97 Å². The predicted octanol–water partition coefficient (Wildman–Crippen LogP) is 0.677. The lowest BCUT2D eigenvalue weighted by Gasteiger charge is -2.25. The van der Waals surface area contributed by atoms with Crippen molar-refractivity contribution < 1.29 is 15.0 Å². The zero-order valence-electron chi connectivity index (χ0n) is 8.16. The highest BCUT2D eigenvalue weighted by Gasteiger charge is 2.17. The molecule has 0 aromatic rings. The average molecular weight is 187 g/mol. The fourth-order valence-electron chi connectivity index (χ4n) is 1.06. The van der Waals surface area contributed by atoms with E-state index in [1.165, 1.54) is 4.90 Å². The van der Waals surface area contributed by atoms with E-state index < -0.39 is 12.2 Å². The van der Waals surface area contributed by atoms with Gasteiger partial charge in [-0.1, -0.05) is 13.5 Å². The molecule has 0 heterocycles. The van der Waals surface area contributed by atoms with Crippen molar-refractivity contribution in [2.75, 3.05) is 13.1 Å². The summed E-state index contributed by atoms with van der Waals surface area (Å²) in [5, 5.41) is 18.1. The molecule has 0 saturated heterocycles. The molecule has 0 aromatic heterocycles. The monoisotopic (exact) mass is 187 g/mol. The van der Waals surface area contributed by atoms with Crippen LogP contribution >= 0.6 is 0 Å². The Balaban J connectivity index is 4.22. The quantitative estimate of drug-likeness (QED) is 0.474. The Morgan fingerprint density at radius 2 is 2.15 bits per heavy atom. The van der Waals surface area contributed by atoms with Crippen molar-refractivity contribution in [3.63, 3.8) is 0 Å². The van der Waals surface area contributed by atoms with Crippen LogP contribution in [0.1, 0.15) is 20.3 Å². The third-order valence-electron chi connectivity index (χ3n) is 1.64. The molecule has 76 valence electrons. The fraction of sp³-hybridized carbons (Fsp3) is 0.667. The van der Waals surface area contributed by atoms with Gasteiger partial charge in [0.25, 0.3) is 0 Å². The largest absolute Gasteiger partial charge is 0.480 e. The van der Waals surface area contributed by atoms with Crippen LogP contribution in [0.5, 0.6) is 0 Å². The molecule has 1 atom stereocenters. The van der Waals surface area contributed by atoms with Gasteiger partial charge in [0.05, 0.1) is 6.54 Å². The zero-order chi connectivity index (χ0) is 10.4. The first-order chi connectivity index (χ1) is 5.99. The van der Waals surface area contributed by atoms with E-state index in [-0.39, 0.29) is 6.54 Å². The van der Waals surface area contributed by atoms with Crippen molar-refractivity contribution in [2.45, 2.75) is 26.5 Å². The van der Waals surface area contributed by atoms with Crippen molar-refractivity contribution in [2.24, 2.45) is 0 Å². The van der Waals surface area contributed by atoms with Crippen molar-refractivity contribution >= 4 is 5.97 Å². The van der Waals surface area contributed by atoms with E-state index in [0.717, 1.165) is 6.42 Å². The van der Waals surface area contributed by atoms with Crippen LogP contribution in [-0.4, -0.2) is 40.4 Å². The van der Waals surface area contributed by atoms with Crippen molar-refractivity contribution in [1.82, 2.24) is 4.90 Å². The van der Waals surface area contributed by atoms with Gasteiger partial charge in [0.2, 0.25) is 0 Å². The molecule has 0 aliphatic carbocycles. The van der Waals surface area contributed by atoms with Crippen LogP contribution in [0.15, 0.2) is 12.2 Å². The van der Waals surface area contributed by atoms with Gasteiger partial charge in [0.1, 0.15) is 6.23 Å². The lowest BCUT2D eigenvalue weighted by atomic mass is 10.2. The Morgan fingerprint density at radius 1 is 1.62 bits per heavy atom. The number of carbonyl (C=O) groups is 1. The highest BCUT2D eigenvalue weighted by molar-refractivity contribution is 5.69. The molecule has 0 aliphatic heterocycles. The van der Waals surface area contributed by atoms with Crippen LogP contribution < -0.4 is 0 Å². The van der Waals surface area contributed by atoms with Crippen molar-refractivity contribution in [3.05, 3.63) is 12.2 Å². The summed E-state index contributed by atoms with van der Waals surface area (Å²) in [7, 11) is 0. The van der Waals surface area contributed by atoms with E-state index in [9.17, 15) is 9.90 Å². The number of hydrogen-bond acceptors (Lipinski definition) is 3. The van der Waals surface area contributed by atoms with E-state index in [0.29, 0.717) is 12.1 Å². The number of carboxylic acid groups (broad SMARTS) is 1. The number of carboxylic acids is 1. The van der Waals surface area contributed by atoms with Crippen LogP contribution in [0.3, 0.4) is 0 Å².